The van der Waals surface area contributed by atoms with Crippen LogP contribution in [-0.4, -0.2) is 52.7 Å². The van der Waals surface area contributed by atoms with Crippen LogP contribution in [-0.2, 0) is 9.53 Å². The molecule has 116 valence electrons. The van der Waals surface area contributed by atoms with E-state index in [-0.39, 0.29) is 29.8 Å². The van der Waals surface area contributed by atoms with E-state index in [0.29, 0.717) is 22.5 Å². The molecule has 2 N–H and O–H groups in total. The number of fused-ring (bicyclic) bond motifs is 1. The lowest BCUT2D eigenvalue weighted by molar-refractivity contribution is -0.154. The maximum absolute atomic E-state index is 12.6. The Bertz CT molecular complexity index is 759. The van der Waals surface area contributed by atoms with E-state index in [1.54, 1.807) is 18.2 Å². The van der Waals surface area contributed by atoms with Crippen molar-refractivity contribution in [1.82, 2.24) is 9.88 Å². The molecule has 2 aromatic rings. The molecule has 1 atom stereocenters. The maximum atomic E-state index is 12.6. The molecule has 3 rings (SSSR count). The molecular formula is C14H12Cl2N2O4. The molecule has 8 heteroatoms. The Morgan fingerprint density at radius 2 is 2.14 bits per heavy atom. The topological polar surface area (TPSA) is 82.6 Å². The highest BCUT2D eigenvalue weighted by molar-refractivity contribution is 6.39. The molecule has 6 nitrogen and oxygen atoms in total. The van der Waals surface area contributed by atoms with Crippen molar-refractivity contribution in [2.24, 2.45) is 0 Å². The van der Waals surface area contributed by atoms with Crippen LogP contribution in [0.2, 0.25) is 10.0 Å². The summed E-state index contributed by atoms with van der Waals surface area (Å²) in [6.07, 6.45) is -1.02. The molecule has 0 radical (unpaired) electrons. The zero-order valence-corrected chi connectivity index (χ0v) is 12.8. The molecule has 2 heterocycles. The lowest BCUT2D eigenvalue weighted by Gasteiger charge is -2.30. The van der Waals surface area contributed by atoms with Crippen LogP contribution < -0.4 is 0 Å². The molecule has 1 aliphatic heterocycles. The lowest BCUT2D eigenvalue weighted by atomic mass is 10.2. The van der Waals surface area contributed by atoms with Gasteiger partial charge < -0.3 is 19.7 Å². The first-order valence-corrected chi connectivity index (χ1v) is 7.33. The largest absolute Gasteiger partial charge is 0.479 e. The molecule has 0 aliphatic carbocycles. The number of carboxylic acid groups (broad SMARTS) is 1. The van der Waals surface area contributed by atoms with E-state index in [1.165, 1.54) is 4.90 Å². The smallest absolute Gasteiger partial charge is 0.334 e. The van der Waals surface area contributed by atoms with E-state index in [4.69, 9.17) is 33.0 Å². The predicted molar refractivity (Wildman–Crippen MR) is 81.6 cm³/mol. The minimum atomic E-state index is -1.09. The molecule has 1 aromatic heterocycles. The second-order valence-corrected chi connectivity index (χ2v) is 5.77. The fourth-order valence-corrected chi connectivity index (χ4v) is 2.88. The number of ether oxygens (including phenoxy) is 1. The normalized spacial score (nSPS) is 18.6. The summed E-state index contributed by atoms with van der Waals surface area (Å²) in [5.41, 5.74) is 0.922. The van der Waals surface area contributed by atoms with Crippen molar-refractivity contribution in [3.05, 3.63) is 33.9 Å². The van der Waals surface area contributed by atoms with Crippen molar-refractivity contribution in [2.45, 2.75) is 6.10 Å². The average Bonchev–Trinajstić information content (AvgIpc) is 2.83. The number of nitrogens with zero attached hydrogens (tertiary/aromatic N) is 1. The summed E-state index contributed by atoms with van der Waals surface area (Å²) in [5, 5.41) is 10.4. The molecule has 1 amide bonds. The number of aliphatic carboxylic acids is 1. The number of carbonyl (C=O) groups is 2. The van der Waals surface area contributed by atoms with E-state index in [2.05, 4.69) is 4.98 Å². The fraction of sp³-hybridized carbons (Fsp3) is 0.286. The number of carboxylic acids is 1. The first-order chi connectivity index (χ1) is 10.5. The van der Waals surface area contributed by atoms with Crippen molar-refractivity contribution in [3.63, 3.8) is 0 Å². The van der Waals surface area contributed by atoms with Crippen LogP contribution in [0.3, 0.4) is 0 Å². The Morgan fingerprint density at radius 3 is 2.86 bits per heavy atom. The molecule has 0 spiro atoms. The summed E-state index contributed by atoms with van der Waals surface area (Å²) in [7, 11) is 0. The highest BCUT2D eigenvalue weighted by atomic mass is 35.5. The van der Waals surface area contributed by atoms with Gasteiger partial charge in [-0.25, -0.2) is 4.79 Å². The maximum Gasteiger partial charge on any atom is 0.334 e. The third-order valence-corrected chi connectivity index (χ3v) is 4.17. The Hall–Kier alpha value is -1.76. The summed E-state index contributed by atoms with van der Waals surface area (Å²) in [6, 6.07) is 5.10. The molecule has 1 fully saturated rings. The quantitative estimate of drug-likeness (QED) is 0.877. The lowest BCUT2D eigenvalue weighted by Crippen LogP contribution is -2.48. The molecule has 0 bridgehead atoms. The number of aromatic amines is 1. The van der Waals surface area contributed by atoms with Crippen LogP contribution in [0.4, 0.5) is 0 Å². The molecule has 22 heavy (non-hydrogen) atoms. The van der Waals surface area contributed by atoms with Gasteiger partial charge >= 0.3 is 5.97 Å². The van der Waals surface area contributed by atoms with E-state index in [0.717, 1.165) is 0 Å². The summed E-state index contributed by atoms with van der Waals surface area (Å²) in [5.74, 6) is -1.45. The predicted octanol–water partition coefficient (Wildman–Crippen LogP) is 2.40. The van der Waals surface area contributed by atoms with Crippen molar-refractivity contribution >= 4 is 46.0 Å². The molecule has 1 unspecified atom stereocenters. The number of nitrogens with one attached hydrogen (secondary N) is 1. The summed E-state index contributed by atoms with van der Waals surface area (Å²) >= 11 is 12.2. The van der Waals surface area contributed by atoms with Gasteiger partial charge in [0.25, 0.3) is 5.91 Å². The Kier molecular flexibility index (Phi) is 3.99. The van der Waals surface area contributed by atoms with Gasteiger partial charge in [0.2, 0.25) is 0 Å². The van der Waals surface area contributed by atoms with E-state index < -0.39 is 12.1 Å². The van der Waals surface area contributed by atoms with Gasteiger partial charge in [0.05, 0.1) is 18.2 Å². The molecular weight excluding hydrogens is 331 g/mol. The second-order valence-electron chi connectivity index (χ2n) is 4.95. The van der Waals surface area contributed by atoms with Gasteiger partial charge in [-0.2, -0.15) is 0 Å². The van der Waals surface area contributed by atoms with E-state index in [9.17, 15) is 9.59 Å². The number of halogens is 2. The Labute approximate surface area is 135 Å². The van der Waals surface area contributed by atoms with Gasteiger partial charge in [0.15, 0.2) is 6.10 Å². The Morgan fingerprint density at radius 1 is 1.36 bits per heavy atom. The highest BCUT2D eigenvalue weighted by Crippen LogP contribution is 2.30. The summed E-state index contributed by atoms with van der Waals surface area (Å²) in [4.78, 5) is 27.9. The van der Waals surface area contributed by atoms with Gasteiger partial charge in [0.1, 0.15) is 5.69 Å². The molecule has 1 saturated heterocycles. The van der Waals surface area contributed by atoms with Crippen molar-refractivity contribution in [2.75, 3.05) is 19.7 Å². The number of aromatic nitrogens is 1. The zero-order chi connectivity index (χ0) is 15.9. The van der Waals surface area contributed by atoms with Crippen molar-refractivity contribution < 1.29 is 19.4 Å². The monoisotopic (exact) mass is 342 g/mol. The van der Waals surface area contributed by atoms with Crippen LogP contribution in [0.25, 0.3) is 10.9 Å². The van der Waals surface area contributed by atoms with Crippen LogP contribution in [0, 0.1) is 0 Å². The summed E-state index contributed by atoms with van der Waals surface area (Å²) < 4.78 is 5.11. The number of H-pyrrole nitrogens is 1. The molecule has 0 saturated carbocycles. The SMILES string of the molecule is O=C(O)C1CN(C(=O)c2[nH]c3ccc(Cl)cc3c2Cl)CCO1. The number of hydrogen-bond donors (Lipinski definition) is 2. The minimum absolute atomic E-state index is 0.0133. The first kappa shape index (κ1) is 15.1. The van der Waals surface area contributed by atoms with Crippen LogP contribution in [0.15, 0.2) is 18.2 Å². The third kappa shape index (κ3) is 2.65. The number of carbonyl (C=O) groups excluding carboxylic acids is 1. The number of rotatable bonds is 2. The standard InChI is InChI=1S/C14H12Cl2N2O4/c15-7-1-2-9-8(5-7)11(16)12(17-9)13(19)18-3-4-22-10(6-18)14(20)21/h1-2,5,10,17H,3-4,6H2,(H,20,21). The van der Waals surface area contributed by atoms with Gasteiger partial charge in [-0.3, -0.25) is 4.79 Å². The van der Waals surface area contributed by atoms with Gasteiger partial charge in [-0.15, -0.1) is 0 Å². The van der Waals surface area contributed by atoms with E-state index in [1.807, 2.05) is 0 Å². The van der Waals surface area contributed by atoms with Crippen molar-refractivity contribution in [1.29, 1.82) is 0 Å². The molecule has 1 aromatic carbocycles. The van der Waals surface area contributed by atoms with Crippen LogP contribution in [0.1, 0.15) is 10.5 Å². The van der Waals surface area contributed by atoms with Gasteiger partial charge in [0, 0.05) is 22.5 Å². The number of benzene rings is 1. The van der Waals surface area contributed by atoms with Crippen molar-refractivity contribution in [3.8, 4) is 0 Å². The number of hydrogen-bond acceptors (Lipinski definition) is 3. The Balaban J connectivity index is 1.92. The summed E-state index contributed by atoms with van der Waals surface area (Å²) in [6.45, 7) is 0.474. The third-order valence-electron chi connectivity index (χ3n) is 3.54. The van der Waals surface area contributed by atoms with E-state index >= 15 is 0 Å². The number of amides is 1. The highest BCUT2D eigenvalue weighted by Gasteiger charge is 2.31. The fourth-order valence-electron chi connectivity index (χ4n) is 2.42. The average molecular weight is 343 g/mol. The molecule has 1 aliphatic rings. The van der Waals surface area contributed by atoms with Crippen LogP contribution in [0.5, 0.6) is 0 Å². The minimum Gasteiger partial charge on any atom is -0.479 e. The van der Waals surface area contributed by atoms with Gasteiger partial charge in [-0.1, -0.05) is 23.2 Å². The first-order valence-electron chi connectivity index (χ1n) is 6.58. The van der Waals surface area contributed by atoms with Gasteiger partial charge in [-0.05, 0) is 18.2 Å². The number of morpholine rings is 1. The van der Waals surface area contributed by atoms with Crippen LogP contribution >= 0.6 is 23.2 Å². The zero-order valence-electron chi connectivity index (χ0n) is 11.3. The second kappa shape index (κ2) is 5.79.